The predicted octanol–water partition coefficient (Wildman–Crippen LogP) is 0.794. The number of carboxylic acid groups (broad SMARTS) is 1. The monoisotopic (exact) mass is 190 g/mol. The van der Waals surface area contributed by atoms with Crippen molar-refractivity contribution in [2.75, 3.05) is 0 Å². The summed E-state index contributed by atoms with van der Waals surface area (Å²) in [4.78, 5) is 13.6. The van der Waals surface area contributed by atoms with Crippen molar-refractivity contribution in [1.82, 2.24) is 4.98 Å². The molecule has 1 aromatic heterocycles. The second-order valence-corrected chi connectivity index (χ2v) is 2.23. The Morgan fingerprint density at radius 3 is 2.93 bits per heavy atom. The molecule has 1 heterocycles. The van der Waals surface area contributed by atoms with E-state index in [4.69, 9.17) is 10.4 Å². The van der Waals surface area contributed by atoms with Crippen molar-refractivity contribution in [1.29, 1.82) is 5.26 Å². The number of carboxylic acids is 1. The molecule has 1 rings (SSSR count). The van der Waals surface area contributed by atoms with Crippen molar-refractivity contribution in [2.45, 2.75) is 0 Å². The Hall–Kier alpha value is -2.40. The number of nitriles is 1. The van der Waals surface area contributed by atoms with Crippen LogP contribution in [0.15, 0.2) is 12.3 Å². The molecule has 0 atom stereocenters. The van der Waals surface area contributed by atoms with Crippen LogP contribution in [-0.2, 0) is 0 Å². The van der Waals surface area contributed by atoms with Crippen molar-refractivity contribution in [2.24, 2.45) is 0 Å². The lowest BCUT2D eigenvalue weighted by Gasteiger charge is -1.95. The maximum absolute atomic E-state index is 12.7. The number of pyridine rings is 1. The first-order valence-corrected chi connectivity index (χ1v) is 3.44. The highest BCUT2D eigenvalue weighted by Gasteiger charge is 2.11. The van der Waals surface area contributed by atoms with E-state index in [0.717, 1.165) is 12.3 Å². The molecule has 1 N–H and O–H groups in total. The number of hydrogen-bond donors (Lipinski definition) is 1. The normalized spacial score (nSPS) is 8.29. The summed E-state index contributed by atoms with van der Waals surface area (Å²) in [6.45, 7) is 0. The zero-order chi connectivity index (χ0) is 10.6. The number of carbonyl (C=O) groups is 1. The third-order valence-corrected chi connectivity index (χ3v) is 1.33. The smallest absolute Gasteiger partial charge is 0.340 e. The molecule has 5 heteroatoms. The number of aromatic carboxylic acids is 1. The van der Waals surface area contributed by atoms with Gasteiger partial charge in [0.1, 0.15) is 5.56 Å². The Kier molecular flexibility index (Phi) is 2.78. The van der Waals surface area contributed by atoms with Crippen LogP contribution in [0.25, 0.3) is 0 Å². The predicted molar refractivity (Wildman–Crippen MR) is 43.6 cm³/mol. The van der Waals surface area contributed by atoms with Gasteiger partial charge in [-0.2, -0.15) is 9.65 Å². The Morgan fingerprint density at radius 1 is 1.64 bits per heavy atom. The Morgan fingerprint density at radius 2 is 2.36 bits per heavy atom. The Labute approximate surface area is 78.6 Å². The molecule has 0 saturated heterocycles. The summed E-state index contributed by atoms with van der Waals surface area (Å²) >= 11 is 0. The van der Waals surface area contributed by atoms with Gasteiger partial charge in [-0.25, -0.2) is 9.78 Å². The average Bonchev–Trinajstić information content (AvgIpc) is 2.16. The number of hydrogen-bond acceptors (Lipinski definition) is 3. The SMILES string of the molecule is N#CC#Cc1cnc(F)c(C(=O)O)c1. The minimum absolute atomic E-state index is 0.186. The Balaban J connectivity index is 3.21. The van der Waals surface area contributed by atoms with Crippen molar-refractivity contribution < 1.29 is 14.3 Å². The van der Waals surface area contributed by atoms with Crippen LogP contribution in [0.4, 0.5) is 4.39 Å². The van der Waals surface area contributed by atoms with Gasteiger partial charge in [-0.1, -0.05) is 0 Å². The van der Waals surface area contributed by atoms with Gasteiger partial charge in [0.05, 0.1) is 0 Å². The van der Waals surface area contributed by atoms with E-state index in [1.807, 2.05) is 0 Å². The molecule has 0 unspecified atom stereocenters. The zero-order valence-corrected chi connectivity index (χ0v) is 6.78. The van der Waals surface area contributed by atoms with Crippen LogP contribution in [0.5, 0.6) is 0 Å². The first kappa shape index (κ1) is 9.69. The molecule has 68 valence electrons. The van der Waals surface area contributed by atoms with E-state index in [9.17, 15) is 9.18 Å². The van der Waals surface area contributed by atoms with Crippen LogP contribution in [-0.4, -0.2) is 16.1 Å². The van der Waals surface area contributed by atoms with Crippen LogP contribution < -0.4 is 0 Å². The minimum atomic E-state index is -1.42. The highest BCUT2D eigenvalue weighted by molar-refractivity contribution is 5.87. The van der Waals surface area contributed by atoms with Gasteiger partial charge < -0.3 is 5.11 Å². The van der Waals surface area contributed by atoms with Crippen LogP contribution in [0.1, 0.15) is 15.9 Å². The van der Waals surface area contributed by atoms with Crippen LogP contribution in [0.2, 0.25) is 0 Å². The molecule has 14 heavy (non-hydrogen) atoms. The minimum Gasteiger partial charge on any atom is -0.478 e. The Bertz CT molecular complexity index is 480. The van der Waals surface area contributed by atoms with Gasteiger partial charge in [0.2, 0.25) is 5.95 Å². The fourth-order valence-electron chi connectivity index (χ4n) is 0.767. The van der Waals surface area contributed by atoms with Crippen LogP contribution in [0, 0.1) is 29.1 Å². The third kappa shape index (κ3) is 2.05. The van der Waals surface area contributed by atoms with Gasteiger partial charge in [0.15, 0.2) is 6.07 Å². The molecule has 0 aliphatic heterocycles. The number of nitrogens with zero attached hydrogens (tertiary/aromatic N) is 2. The summed E-state index contributed by atoms with van der Waals surface area (Å²) < 4.78 is 12.7. The first-order chi connectivity index (χ1) is 6.65. The molecular weight excluding hydrogens is 187 g/mol. The van der Waals surface area contributed by atoms with E-state index in [2.05, 4.69) is 16.8 Å². The molecule has 0 spiro atoms. The van der Waals surface area contributed by atoms with Crippen LogP contribution >= 0.6 is 0 Å². The maximum Gasteiger partial charge on any atom is 0.340 e. The van der Waals surface area contributed by atoms with E-state index < -0.39 is 17.5 Å². The van der Waals surface area contributed by atoms with Crippen molar-refractivity contribution in [3.05, 3.63) is 29.3 Å². The summed E-state index contributed by atoms with van der Waals surface area (Å²) in [5.74, 6) is 1.87. The third-order valence-electron chi connectivity index (χ3n) is 1.33. The molecule has 0 bridgehead atoms. The van der Waals surface area contributed by atoms with Crippen molar-refractivity contribution in [3.8, 4) is 17.9 Å². The van der Waals surface area contributed by atoms with E-state index in [0.29, 0.717) is 0 Å². The van der Waals surface area contributed by atoms with E-state index >= 15 is 0 Å². The number of rotatable bonds is 1. The number of aromatic nitrogens is 1. The summed E-state index contributed by atoms with van der Waals surface area (Å²) in [5, 5.41) is 16.6. The molecule has 1 aromatic rings. The van der Waals surface area contributed by atoms with Gasteiger partial charge in [0.25, 0.3) is 0 Å². The molecule has 0 aromatic carbocycles. The lowest BCUT2D eigenvalue weighted by atomic mass is 10.2. The second-order valence-electron chi connectivity index (χ2n) is 2.23. The van der Waals surface area contributed by atoms with Gasteiger partial charge >= 0.3 is 5.97 Å². The van der Waals surface area contributed by atoms with Crippen molar-refractivity contribution in [3.63, 3.8) is 0 Å². The van der Waals surface area contributed by atoms with E-state index in [1.54, 1.807) is 6.07 Å². The van der Waals surface area contributed by atoms with Gasteiger partial charge in [-0.05, 0) is 12.0 Å². The molecule has 4 nitrogen and oxygen atoms in total. The average molecular weight is 190 g/mol. The standard InChI is InChI=1S/C9H3FN2O2/c10-8-7(9(13)14)4-6(5-12-8)2-1-3-11/h4-5H,(H,13,14). The largest absolute Gasteiger partial charge is 0.478 e. The fourth-order valence-corrected chi connectivity index (χ4v) is 0.767. The van der Waals surface area contributed by atoms with Gasteiger partial charge in [-0.15, -0.1) is 0 Å². The molecule has 0 saturated carbocycles. The summed E-state index contributed by atoms with van der Waals surface area (Å²) in [6, 6.07) is 2.57. The van der Waals surface area contributed by atoms with Crippen LogP contribution in [0.3, 0.4) is 0 Å². The molecule has 0 aliphatic rings. The molecule has 0 amide bonds. The maximum atomic E-state index is 12.7. The van der Waals surface area contributed by atoms with E-state index in [-0.39, 0.29) is 5.56 Å². The highest BCUT2D eigenvalue weighted by atomic mass is 19.1. The lowest BCUT2D eigenvalue weighted by Crippen LogP contribution is -2.03. The van der Waals surface area contributed by atoms with E-state index in [1.165, 1.54) is 0 Å². The quantitative estimate of drug-likeness (QED) is 0.524. The number of halogens is 1. The fraction of sp³-hybridized carbons (Fsp3) is 0. The van der Waals surface area contributed by atoms with Crippen molar-refractivity contribution >= 4 is 5.97 Å². The summed E-state index contributed by atoms with van der Waals surface area (Å²) in [5.41, 5.74) is -0.375. The summed E-state index contributed by atoms with van der Waals surface area (Å²) in [6.07, 6.45) is 1.06. The van der Waals surface area contributed by atoms with Gasteiger partial charge in [0, 0.05) is 17.7 Å². The lowest BCUT2D eigenvalue weighted by molar-refractivity contribution is 0.0690. The second kappa shape index (κ2) is 4.01. The molecule has 0 radical (unpaired) electrons. The molecule has 0 fully saturated rings. The molecular formula is C9H3FN2O2. The zero-order valence-electron chi connectivity index (χ0n) is 6.78. The summed E-state index contributed by atoms with van der Waals surface area (Å²) in [7, 11) is 0. The topological polar surface area (TPSA) is 74.0 Å². The first-order valence-electron chi connectivity index (χ1n) is 3.44. The highest BCUT2D eigenvalue weighted by Crippen LogP contribution is 2.06. The molecule has 0 aliphatic carbocycles. The van der Waals surface area contributed by atoms with Gasteiger partial charge in [-0.3, -0.25) is 0 Å².